The van der Waals surface area contributed by atoms with Gasteiger partial charge >= 0.3 is 5.97 Å². The molecular formula is C11H13NO6. The Morgan fingerprint density at radius 3 is 2.17 bits per heavy atom. The van der Waals surface area contributed by atoms with Gasteiger partial charge in [0.1, 0.15) is 5.75 Å². The summed E-state index contributed by atoms with van der Waals surface area (Å²) in [6.07, 6.45) is -4.20. The Labute approximate surface area is 103 Å². The molecule has 0 fully saturated rings. The maximum atomic E-state index is 11.4. The number of carboxylic acid groups (broad SMARTS) is 1. The van der Waals surface area contributed by atoms with Crippen LogP contribution in [0.1, 0.15) is 0 Å². The Morgan fingerprint density at radius 2 is 1.72 bits per heavy atom. The molecule has 0 saturated heterocycles. The summed E-state index contributed by atoms with van der Waals surface area (Å²) in [6, 6.07) is 6.18. The Morgan fingerprint density at radius 1 is 1.17 bits per heavy atom. The first-order chi connectivity index (χ1) is 8.45. The van der Waals surface area contributed by atoms with Crippen LogP contribution in [0.3, 0.4) is 0 Å². The number of methoxy groups -OCH3 is 1. The zero-order valence-electron chi connectivity index (χ0n) is 9.53. The molecule has 2 unspecified atom stereocenters. The summed E-state index contributed by atoms with van der Waals surface area (Å²) in [7, 11) is 1.49. The van der Waals surface area contributed by atoms with E-state index in [4.69, 9.17) is 14.9 Å². The van der Waals surface area contributed by atoms with Crippen molar-refractivity contribution in [2.45, 2.75) is 12.2 Å². The molecule has 1 aromatic carbocycles. The fourth-order valence-corrected chi connectivity index (χ4v) is 1.17. The number of nitrogens with one attached hydrogen (secondary N) is 1. The molecule has 18 heavy (non-hydrogen) atoms. The Hall–Kier alpha value is -2.12. The highest BCUT2D eigenvalue weighted by Gasteiger charge is 2.29. The maximum Gasteiger partial charge on any atom is 0.335 e. The van der Waals surface area contributed by atoms with Crippen molar-refractivity contribution >= 4 is 17.6 Å². The van der Waals surface area contributed by atoms with E-state index >= 15 is 0 Å². The van der Waals surface area contributed by atoms with Gasteiger partial charge in [-0.15, -0.1) is 0 Å². The molecule has 7 heteroatoms. The topological polar surface area (TPSA) is 116 Å². The fourth-order valence-electron chi connectivity index (χ4n) is 1.17. The van der Waals surface area contributed by atoms with E-state index < -0.39 is 24.1 Å². The van der Waals surface area contributed by atoms with Crippen LogP contribution >= 0.6 is 0 Å². The van der Waals surface area contributed by atoms with Crippen LogP contribution < -0.4 is 10.1 Å². The van der Waals surface area contributed by atoms with Crippen molar-refractivity contribution in [2.24, 2.45) is 0 Å². The van der Waals surface area contributed by atoms with Crippen LogP contribution in [0.25, 0.3) is 0 Å². The van der Waals surface area contributed by atoms with Gasteiger partial charge in [-0.25, -0.2) is 4.79 Å². The lowest BCUT2D eigenvalue weighted by Gasteiger charge is -2.14. The zero-order chi connectivity index (χ0) is 13.7. The van der Waals surface area contributed by atoms with Crippen LogP contribution in [0.2, 0.25) is 0 Å². The lowest BCUT2D eigenvalue weighted by Crippen LogP contribution is -2.42. The van der Waals surface area contributed by atoms with Crippen molar-refractivity contribution < 1.29 is 29.6 Å². The quantitative estimate of drug-likeness (QED) is 0.560. The van der Waals surface area contributed by atoms with Crippen LogP contribution in [-0.4, -0.2) is 46.5 Å². The van der Waals surface area contributed by atoms with Gasteiger partial charge < -0.3 is 25.4 Å². The Balaban J connectivity index is 2.66. The second kappa shape index (κ2) is 5.99. The van der Waals surface area contributed by atoms with Gasteiger partial charge in [0.05, 0.1) is 7.11 Å². The molecule has 0 saturated carbocycles. The van der Waals surface area contributed by atoms with Crippen molar-refractivity contribution in [2.75, 3.05) is 12.4 Å². The molecule has 4 N–H and O–H groups in total. The van der Waals surface area contributed by atoms with Crippen LogP contribution in [0.5, 0.6) is 5.75 Å². The minimum Gasteiger partial charge on any atom is -0.497 e. The second-order valence-electron chi connectivity index (χ2n) is 3.45. The average molecular weight is 255 g/mol. The lowest BCUT2D eigenvalue weighted by molar-refractivity contribution is -0.156. The van der Waals surface area contributed by atoms with Gasteiger partial charge in [-0.1, -0.05) is 0 Å². The van der Waals surface area contributed by atoms with Gasteiger partial charge in [-0.3, -0.25) is 4.79 Å². The highest BCUT2D eigenvalue weighted by atomic mass is 16.5. The van der Waals surface area contributed by atoms with Crippen molar-refractivity contribution in [3.05, 3.63) is 24.3 Å². The lowest BCUT2D eigenvalue weighted by atomic mass is 10.2. The standard InChI is InChI=1S/C11H13NO6/c1-18-7-4-2-6(3-5-7)12-10(15)8(13)9(14)11(16)17/h2-5,8-9,13-14H,1H3,(H,12,15)(H,16,17). The smallest absolute Gasteiger partial charge is 0.335 e. The average Bonchev–Trinajstić information content (AvgIpc) is 2.37. The molecule has 1 amide bonds. The number of aliphatic carboxylic acids is 1. The molecule has 1 aromatic rings. The normalized spacial score (nSPS) is 13.5. The van der Waals surface area contributed by atoms with Gasteiger partial charge in [0.15, 0.2) is 12.2 Å². The summed E-state index contributed by atoms with van der Waals surface area (Å²) in [5.74, 6) is -2.10. The minimum atomic E-state index is -2.16. The number of carbonyl (C=O) groups is 2. The number of hydrogen-bond donors (Lipinski definition) is 4. The van der Waals surface area contributed by atoms with E-state index in [2.05, 4.69) is 5.32 Å². The first-order valence-corrected chi connectivity index (χ1v) is 4.99. The third-order valence-electron chi connectivity index (χ3n) is 2.18. The molecule has 0 aliphatic carbocycles. The summed E-state index contributed by atoms with van der Waals surface area (Å²) in [5.41, 5.74) is 0.345. The highest BCUT2D eigenvalue weighted by Crippen LogP contribution is 2.15. The van der Waals surface area contributed by atoms with Crippen molar-refractivity contribution in [3.8, 4) is 5.75 Å². The molecule has 98 valence electrons. The summed E-state index contributed by atoms with van der Waals surface area (Å²) in [4.78, 5) is 21.8. The number of carboxylic acids is 1. The van der Waals surface area contributed by atoms with Crippen molar-refractivity contribution in [1.82, 2.24) is 0 Å². The van der Waals surface area contributed by atoms with E-state index in [1.165, 1.54) is 19.2 Å². The summed E-state index contributed by atoms with van der Waals surface area (Å²) in [6.45, 7) is 0. The molecule has 0 spiro atoms. The number of aliphatic hydroxyl groups is 2. The van der Waals surface area contributed by atoms with E-state index in [1.807, 2.05) is 0 Å². The summed E-state index contributed by atoms with van der Waals surface area (Å²) >= 11 is 0. The van der Waals surface area contributed by atoms with Gasteiger partial charge in [-0.05, 0) is 24.3 Å². The SMILES string of the molecule is COc1ccc(NC(=O)C(O)C(O)C(=O)O)cc1. The Bertz CT molecular complexity index is 430. The van der Waals surface area contributed by atoms with E-state index in [-0.39, 0.29) is 0 Å². The third-order valence-corrected chi connectivity index (χ3v) is 2.18. The van der Waals surface area contributed by atoms with Gasteiger partial charge in [-0.2, -0.15) is 0 Å². The van der Waals surface area contributed by atoms with Crippen LogP contribution in [0, 0.1) is 0 Å². The van der Waals surface area contributed by atoms with Crippen molar-refractivity contribution in [1.29, 1.82) is 0 Å². The molecule has 0 heterocycles. The predicted octanol–water partition coefficient (Wildman–Crippen LogP) is -0.560. The first kappa shape index (κ1) is 13.9. The largest absolute Gasteiger partial charge is 0.497 e. The number of carbonyl (C=O) groups excluding carboxylic acids is 1. The molecule has 0 bridgehead atoms. The summed E-state index contributed by atoms with van der Waals surface area (Å²) < 4.78 is 4.91. The van der Waals surface area contributed by atoms with Crippen LogP contribution in [0.4, 0.5) is 5.69 Å². The van der Waals surface area contributed by atoms with Gasteiger partial charge in [0.25, 0.3) is 5.91 Å². The van der Waals surface area contributed by atoms with E-state index in [0.29, 0.717) is 11.4 Å². The summed E-state index contributed by atoms with van der Waals surface area (Å²) in [5, 5.41) is 28.9. The first-order valence-electron chi connectivity index (χ1n) is 4.99. The molecule has 2 atom stereocenters. The minimum absolute atomic E-state index is 0.345. The number of rotatable bonds is 5. The van der Waals surface area contributed by atoms with E-state index in [9.17, 15) is 14.7 Å². The van der Waals surface area contributed by atoms with Crippen molar-refractivity contribution in [3.63, 3.8) is 0 Å². The Kier molecular flexibility index (Phi) is 4.64. The maximum absolute atomic E-state index is 11.4. The number of hydrogen-bond acceptors (Lipinski definition) is 5. The third kappa shape index (κ3) is 3.44. The number of amides is 1. The fraction of sp³-hybridized carbons (Fsp3) is 0.273. The van der Waals surface area contributed by atoms with Crippen LogP contribution in [0.15, 0.2) is 24.3 Å². The number of aliphatic hydroxyl groups excluding tert-OH is 2. The second-order valence-corrected chi connectivity index (χ2v) is 3.45. The monoisotopic (exact) mass is 255 g/mol. The van der Waals surface area contributed by atoms with Gasteiger partial charge in [0, 0.05) is 5.69 Å². The molecular weight excluding hydrogens is 242 g/mol. The van der Waals surface area contributed by atoms with Gasteiger partial charge in [0.2, 0.25) is 0 Å². The molecule has 0 aliphatic heterocycles. The molecule has 0 radical (unpaired) electrons. The highest BCUT2D eigenvalue weighted by molar-refractivity contribution is 5.97. The molecule has 0 aliphatic rings. The van der Waals surface area contributed by atoms with E-state index in [0.717, 1.165) is 0 Å². The zero-order valence-corrected chi connectivity index (χ0v) is 9.53. The number of ether oxygens (including phenoxy) is 1. The molecule has 1 rings (SSSR count). The molecule has 0 aromatic heterocycles. The number of anilines is 1. The van der Waals surface area contributed by atoms with E-state index in [1.54, 1.807) is 12.1 Å². The molecule has 7 nitrogen and oxygen atoms in total. The number of benzene rings is 1. The predicted molar refractivity (Wildman–Crippen MR) is 61.3 cm³/mol. The van der Waals surface area contributed by atoms with Crippen LogP contribution in [-0.2, 0) is 9.59 Å².